The second-order valence-corrected chi connectivity index (χ2v) is 5.81. The monoisotopic (exact) mass is 317 g/mol. The molecule has 0 N–H and O–H groups in total. The molecular formula is C16H23N5O2. The minimum Gasteiger partial charge on any atom is -0.481 e. The summed E-state index contributed by atoms with van der Waals surface area (Å²) in [4.78, 5) is 6.72. The molecule has 1 aliphatic rings. The van der Waals surface area contributed by atoms with Crippen LogP contribution in [0.3, 0.4) is 0 Å². The first-order chi connectivity index (χ1) is 11.2. The third-order valence-corrected chi connectivity index (χ3v) is 4.31. The average molecular weight is 317 g/mol. The summed E-state index contributed by atoms with van der Waals surface area (Å²) in [5.41, 5.74) is 1.11. The van der Waals surface area contributed by atoms with Gasteiger partial charge in [0.05, 0.1) is 7.11 Å². The molecule has 2 aromatic heterocycles. The Bertz CT molecular complexity index is 658. The highest BCUT2D eigenvalue weighted by atomic mass is 16.5. The Morgan fingerprint density at radius 2 is 2.13 bits per heavy atom. The number of rotatable bonds is 5. The smallest absolute Gasteiger partial charge is 0.217 e. The van der Waals surface area contributed by atoms with Crippen LogP contribution >= 0.6 is 0 Å². The number of hydrogen-bond donors (Lipinski definition) is 0. The van der Waals surface area contributed by atoms with Gasteiger partial charge in [0, 0.05) is 51.0 Å². The van der Waals surface area contributed by atoms with Crippen molar-refractivity contribution < 1.29 is 9.47 Å². The summed E-state index contributed by atoms with van der Waals surface area (Å²) in [5.74, 6) is 2.63. The molecule has 0 saturated heterocycles. The van der Waals surface area contributed by atoms with Gasteiger partial charge in [0.25, 0.3) is 0 Å². The number of methoxy groups -OCH3 is 2. The molecule has 2 aromatic rings. The van der Waals surface area contributed by atoms with Crippen LogP contribution in [0.4, 0.5) is 0 Å². The highest BCUT2D eigenvalue weighted by molar-refractivity contribution is 5.25. The summed E-state index contributed by atoms with van der Waals surface area (Å²) < 4.78 is 12.8. The van der Waals surface area contributed by atoms with E-state index >= 15 is 0 Å². The number of aromatic nitrogens is 4. The lowest BCUT2D eigenvalue weighted by Crippen LogP contribution is -2.34. The predicted octanol–water partition coefficient (Wildman–Crippen LogP) is 1.27. The number of nitrogens with zero attached hydrogens (tertiary/aromatic N) is 5. The standard InChI is InChI=1S/C16H23N5O2/c1-12-9-14-18-19-15(11-22-2)21(14)8-7-20(12)10-13-5-4-6-17-16(13)23-3/h4-6,12H,7-11H2,1-3H3/t12-/m0/s1. The fraction of sp³-hybridized carbons (Fsp3) is 0.562. The normalized spacial score (nSPS) is 18.5. The van der Waals surface area contributed by atoms with Gasteiger partial charge in [-0.15, -0.1) is 10.2 Å². The molecular weight excluding hydrogens is 294 g/mol. The van der Waals surface area contributed by atoms with Crippen LogP contribution in [0.2, 0.25) is 0 Å². The van der Waals surface area contributed by atoms with Crippen molar-refractivity contribution in [2.45, 2.75) is 39.1 Å². The predicted molar refractivity (Wildman–Crippen MR) is 85.1 cm³/mol. The summed E-state index contributed by atoms with van der Waals surface area (Å²) in [6.07, 6.45) is 2.63. The van der Waals surface area contributed by atoms with E-state index < -0.39 is 0 Å². The Morgan fingerprint density at radius 1 is 1.26 bits per heavy atom. The third kappa shape index (κ3) is 3.35. The van der Waals surface area contributed by atoms with Gasteiger partial charge in [-0.25, -0.2) is 4.98 Å². The van der Waals surface area contributed by atoms with Gasteiger partial charge in [0.1, 0.15) is 12.4 Å². The van der Waals surface area contributed by atoms with E-state index in [1.165, 1.54) is 0 Å². The summed E-state index contributed by atoms with van der Waals surface area (Å²) in [6, 6.07) is 4.40. The molecule has 3 rings (SSSR count). The molecule has 7 heteroatoms. The lowest BCUT2D eigenvalue weighted by Gasteiger charge is -2.26. The Labute approximate surface area is 136 Å². The first-order valence-electron chi connectivity index (χ1n) is 7.84. The minimum absolute atomic E-state index is 0.376. The van der Waals surface area contributed by atoms with Gasteiger partial charge in [0.15, 0.2) is 5.82 Å². The maximum atomic E-state index is 5.37. The molecule has 0 unspecified atom stereocenters. The molecule has 0 bridgehead atoms. The molecule has 23 heavy (non-hydrogen) atoms. The van der Waals surface area contributed by atoms with E-state index in [1.54, 1.807) is 20.4 Å². The molecule has 124 valence electrons. The van der Waals surface area contributed by atoms with Crippen molar-refractivity contribution in [2.24, 2.45) is 0 Å². The van der Waals surface area contributed by atoms with Crippen LogP contribution in [-0.2, 0) is 30.9 Å². The van der Waals surface area contributed by atoms with E-state index in [1.807, 2.05) is 6.07 Å². The molecule has 3 heterocycles. The Balaban J connectivity index is 1.76. The molecule has 0 amide bonds. The summed E-state index contributed by atoms with van der Waals surface area (Å²) in [6.45, 7) is 5.34. The van der Waals surface area contributed by atoms with Crippen LogP contribution in [-0.4, -0.2) is 51.5 Å². The molecule has 0 aliphatic carbocycles. The Morgan fingerprint density at radius 3 is 2.91 bits per heavy atom. The van der Waals surface area contributed by atoms with Crippen LogP contribution in [0.5, 0.6) is 5.88 Å². The van der Waals surface area contributed by atoms with E-state index in [2.05, 4.69) is 37.6 Å². The number of fused-ring (bicyclic) bond motifs is 1. The largest absolute Gasteiger partial charge is 0.481 e. The van der Waals surface area contributed by atoms with E-state index in [9.17, 15) is 0 Å². The average Bonchev–Trinajstić information content (AvgIpc) is 2.86. The highest BCUT2D eigenvalue weighted by Crippen LogP contribution is 2.21. The van der Waals surface area contributed by atoms with Crippen molar-refractivity contribution in [3.8, 4) is 5.88 Å². The molecule has 1 aliphatic heterocycles. The van der Waals surface area contributed by atoms with E-state index in [0.29, 0.717) is 18.5 Å². The molecule has 0 radical (unpaired) electrons. The van der Waals surface area contributed by atoms with Crippen LogP contribution < -0.4 is 4.74 Å². The molecule has 1 atom stereocenters. The van der Waals surface area contributed by atoms with Gasteiger partial charge in [-0.2, -0.15) is 0 Å². The first kappa shape index (κ1) is 15.9. The zero-order valence-corrected chi connectivity index (χ0v) is 13.9. The van der Waals surface area contributed by atoms with Crippen molar-refractivity contribution in [1.29, 1.82) is 0 Å². The van der Waals surface area contributed by atoms with Gasteiger partial charge < -0.3 is 14.0 Å². The minimum atomic E-state index is 0.376. The maximum Gasteiger partial charge on any atom is 0.217 e. The van der Waals surface area contributed by atoms with Gasteiger partial charge in [-0.3, -0.25) is 4.90 Å². The maximum absolute atomic E-state index is 5.37. The quantitative estimate of drug-likeness (QED) is 0.827. The topological polar surface area (TPSA) is 65.3 Å². The molecule has 0 fully saturated rings. The zero-order chi connectivity index (χ0) is 16.2. The van der Waals surface area contributed by atoms with Gasteiger partial charge in [-0.05, 0) is 13.0 Å². The van der Waals surface area contributed by atoms with Crippen LogP contribution in [0.1, 0.15) is 24.1 Å². The summed E-state index contributed by atoms with van der Waals surface area (Å²) in [5, 5.41) is 8.57. The van der Waals surface area contributed by atoms with E-state index in [4.69, 9.17) is 9.47 Å². The molecule has 7 nitrogen and oxygen atoms in total. The fourth-order valence-corrected chi connectivity index (χ4v) is 3.04. The number of hydrogen-bond acceptors (Lipinski definition) is 6. The lowest BCUT2D eigenvalue weighted by molar-refractivity contribution is 0.170. The second-order valence-electron chi connectivity index (χ2n) is 5.81. The SMILES string of the molecule is COCc1nnc2n1CCN(Cc1cccnc1OC)[C@@H](C)C2. The Hall–Kier alpha value is -1.99. The number of pyridine rings is 1. The second kappa shape index (κ2) is 7.06. The molecule has 0 saturated carbocycles. The van der Waals surface area contributed by atoms with Crippen LogP contribution in [0, 0.1) is 0 Å². The Kier molecular flexibility index (Phi) is 4.88. The van der Waals surface area contributed by atoms with E-state index in [0.717, 1.165) is 43.3 Å². The van der Waals surface area contributed by atoms with Crippen LogP contribution in [0.25, 0.3) is 0 Å². The van der Waals surface area contributed by atoms with Crippen LogP contribution in [0.15, 0.2) is 18.3 Å². The number of ether oxygens (including phenoxy) is 2. The van der Waals surface area contributed by atoms with Crippen molar-refractivity contribution in [3.63, 3.8) is 0 Å². The molecule has 0 spiro atoms. The van der Waals surface area contributed by atoms with Crippen molar-refractivity contribution >= 4 is 0 Å². The summed E-state index contributed by atoms with van der Waals surface area (Å²) in [7, 11) is 3.35. The van der Waals surface area contributed by atoms with Crippen molar-refractivity contribution in [2.75, 3.05) is 20.8 Å². The third-order valence-electron chi connectivity index (χ3n) is 4.31. The van der Waals surface area contributed by atoms with Gasteiger partial charge in [0.2, 0.25) is 5.88 Å². The molecule has 0 aromatic carbocycles. The highest BCUT2D eigenvalue weighted by Gasteiger charge is 2.24. The van der Waals surface area contributed by atoms with Gasteiger partial charge in [-0.1, -0.05) is 6.07 Å². The fourth-order valence-electron chi connectivity index (χ4n) is 3.04. The van der Waals surface area contributed by atoms with E-state index in [-0.39, 0.29) is 0 Å². The lowest BCUT2D eigenvalue weighted by atomic mass is 10.1. The van der Waals surface area contributed by atoms with Gasteiger partial charge >= 0.3 is 0 Å². The van der Waals surface area contributed by atoms with Crippen molar-refractivity contribution in [3.05, 3.63) is 35.5 Å². The zero-order valence-electron chi connectivity index (χ0n) is 13.9. The summed E-state index contributed by atoms with van der Waals surface area (Å²) >= 11 is 0. The first-order valence-corrected chi connectivity index (χ1v) is 7.84. The van der Waals surface area contributed by atoms with Crippen molar-refractivity contribution in [1.82, 2.24) is 24.6 Å².